The predicted molar refractivity (Wildman–Crippen MR) is 98.6 cm³/mol. The van der Waals surface area contributed by atoms with Crippen LogP contribution in [0.25, 0.3) is 0 Å². The molecule has 1 rings (SSSR count). The Bertz CT molecular complexity index is 589. The number of methoxy groups -OCH3 is 1. The third-order valence-corrected chi connectivity index (χ3v) is 3.04. The quantitative estimate of drug-likeness (QED) is 0.284. The normalized spacial score (nSPS) is 9.80. The fourth-order valence-electron chi connectivity index (χ4n) is 1.67. The SMILES string of the molecule is C=CCOc1ccc(NC(=S)NC(=O)CCC(=O)OCCOC)cc1. The monoisotopic (exact) mass is 366 g/mol. The van der Waals surface area contributed by atoms with Gasteiger partial charge in [-0.25, -0.2) is 0 Å². The number of thiocarbonyl (C=S) groups is 1. The van der Waals surface area contributed by atoms with Crippen molar-refractivity contribution in [1.82, 2.24) is 5.32 Å². The lowest BCUT2D eigenvalue weighted by atomic mass is 10.3. The molecule has 0 heterocycles. The van der Waals surface area contributed by atoms with Gasteiger partial charge in [-0.3, -0.25) is 9.59 Å². The van der Waals surface area contributed by atoms with Crippen molar-refractivity contribution >= 4 is 34.9 Å². The van der Waals surface area contributed by atoms with Crippen LogP contribution >= 0.6 is 12.2 Å². The van der Waals surface area contributed by atoms with E-state index in [-0.39, 0.29) is 30.5 Å². The molecule has 1 aromatic rings. The molecule has 0 aromatic heterocycles. The number of hydrogen-bond donors (Lipinski definition) is 2. The van der Waals surface area contributed by atoms with E-state index in [1.165, 1.54) is 7.11 Å². The Morgan fingerprint density at radius 1 is 1.20 bits per heavy atom. The van der Waals surface area contributed by atoms with Crippen LogP contribution in [-0.2, 0) is 19.1 Å². The minimum atomic E-state index is -0.457. The van der Waals surface area contributed by atoms with Gasteiger partial charge in [-0.2, -0.15) is 0 Å². The highest BCUT2D eigenvalue weighted by molar-refractivity contribution is 7.80. The van der Waals surface area contributed by atoms with Crippen LogP contribution in [-0.4, -0.2) is 43.9 Å². The topological polar surface area (TPSA) is 85.9 Å². The zero-order valence-electron chi connectivity index (χ0n) is 14.1. The standard InChI is InChI=1S/C17H22N2O5S/c1-3-10-23-14-6-4-13(5-7-14)18-17(25)19-15(20)8-9-16(21)24-12-11-22-2/h3-7H,1,8-12H2,2H3,(H2,18,19,20,25). The molecule has 7 nitrogen and oxygen atoms in total. The summed E-state index contributed by atoms with van der Waals surface area (Å²) in [4.78, 5) is 23.1. The molecule has 0 saturated carbocycles. The molecule has 0 spiro atoms. The molecule has 0 aliphatic heterocycles. The van der Waals surface area contributed by atoms with Gasteiger partial charge in [-0.05, 0) is 36.5 Å². The number of carbonyl (C=O) groups excluding carboxylic acids is 2. The van der Waals surface area contributed by atoms with Crippen molar-refractivity contribution in [3.8, 4) is 5.75 Å². The number of anilines is 1. The molecule has 0 saturated heterocycles. The Morgan fingerprint density at radius 2 is 1.92 bits per heavy atom. The summed E-state index contributed by atoms with van der Waals surface area (Å²) in [5.41, 5.74) is 0.704. The lowest BCUT2D eigenvalue weighted by Gasteiger charge is -2.10. The molecule has 1 aromatic carbocycles. The van der Waals surface area contributed by atoms with E-state index >= 15 is 0 Å². The van der Waals surface area contributed by atoms with E-state index in [0.717, 1.165) is 0 Å². The van der Waals surface area contributed by atoms with Crippen LogP contribution in [0.5, 0.6) is 5.75 Å². The number of nitrogens with one attached hydrogen (secondary N) is 2. The minimum absolute atomic E-state index is 0.0119. The largest absolute Gasteiger partial charge is 0.490 e. The van der Waals surface area contributed by atoms with Gasteiger partial charge in [0, 0.05) is 19.2 Å². The van der Waals surface area contributed by atoms with E-state index in [1.807, 2.05) is 0 Å². The highest BCUT2D eigenvalue weighted by atomic mass is 32.1. The average Bonchev–Trinajstić information content (AvgIpc) is 2.59. The summed E-state index contributed by atoms with van der Waals surface area (Å²) in [6.07, 6.45) is 1.62. The first-order chi connectivity index (χ1) is 12.0. The molecule has 0 unspecified atom stereocenters. The summed E-state index contributed by atoms with van der Waals surface area (Å²) in [6.45, 7) is 4.49. The molecule has 0 bridgehead atoms. The summed E-state index contributed by atoms with van der Waals surface area (Å²) in [5, 5.41) is 5.53. The van der Waals surface area contributed by atoms with Crippen LogP contribution in [0, 0.1) is 0 Å². The Labute approximate surface area is 152 Å². The highest BCUT2D eigenvalue weighted by Gasteiger charge is 2.09. The van der Waals surface area contributed by atoms with E-state index < -0.39 is 5.97 Å². The average molecular weight is 366 g/mol. The van der Waals surface area contributed by atoms with E-state index in [4.69, 9.17) is 26.4 Å². The van der Waals surface area contributed by atoms with Gasteiger partial charge in [0.25, 0.3) is 0 Å². The lowest BCUT2D eigenvalue weighted by Crippen LogP contribution is -2.34. The summed E-state index contributed by atoms with van der Waals surface area (Å²) in [5.74, 6) is -0.124. The van der Waals surface area contributed by atoms with Crippen molar-refractivity contribution in [2.45, 2.75) is 12.8 Å². The predicted octanol–water partition coefficient (Wildman–Crippen LogP) is 2.03. The van der Waals surface area contributed by atoms with Crippen molar-refractivity contribution in [3.63, 3.8) is 0 Å². The minimum Gasteiger partial charge on any atom is -0.490 e. The Balaban J connectivity index is 2.29. The van der Waals surface area contributed by atoms with Crippen LogP contribution in [0.4, 0.5) is 5.69 Å². The fraction of sp³-hybridized carbons (Fsp3) is 0.353. The van der Waals surface area contributed by atoms with Gasteiger partial charge in [0.2, 0.25) is 5.91 Å². The van der Waals surface area contributed by atoms with Crippen LogP contribution in [0.1, 0.15) is 12.8 Å². The molecule has 25 heavy (non-hydrogen) atoms. The Hall–Kier alpha value is -2.45. The summed E-state index contributed by atoms with van der Waals surface area (Å²) >= 11 is 5.06. The van der Waals surface area contributed by atoms with Crippen molar-refractivity contribution in [3.05, 3.63) is 36.9 Å². The van der Waals surface area contributed by atoms with Crippen LogP contribution < -0.4 is 15.4 Å². The van der Waals surface area contributed by atoms with Crippen molar-refractivity contribution in [2.75, 3.05) is 32.2 Å². The second-order valence-electron chi connectivity index (χ2n) is 4.84. The smallest absolute Gasteiger partial charge is 0.306 e. The van der Waals surface area contributed by atoms with Crippen molar-refractivity contribution in [1.29, 1.82) is 0 Å². The number of carbonyl (C=O) groups is 2. The molecule has 0 atom stereocenters. The fourth-order valence-corrected chi connectivity index (χ4v) is 1.90. The first-order valence-corrected chi connectivity index (χ1v) is 8.05. The number of hydrogen-bond acceptors (Lipinski definition) is 6. The molecule has 136 valence electrons. The zero-order chi connectivity index (χ0) is 18.5. The van der Waals surface area contributed by atoms with E-state index in [9.17, 15) is 9.59 Å². The molecule has 2 N–H and O–H groups in total. The second kappa shape index (κ2) is 12.0. The van der Waals surface area contributed by atoms with Crippen molar-refractivity contribution in [2.24, 2.45) is 0 Å². The Kier molecular flexibility index (Phi) is 9.88. The van der Waals surface area contributed by atoms with Gasteiger partial charge < -0.3 is 24.8 Å². The summed E-state index contributed by atoms with van der Waals surface area (Å²) < 4.78 is 15.0. The zero-order valence-corrected chi connectivity index (χ0v) is 14.9. The number of rotatable bonds is 10. The molecule has 0 radical (unpaired) electrons. The van der Waals surface area contributed by atoms with Crippen LogP contribution in [0.3, 0.4) is 0 Å². The second-order valence-corrected chi connectivity index (χ2v) is 5.25. The van der Waals surface area contributed by atoms with Gasteiger partial charge in [-0.15, -0.1) is 0 Å². The third-order valence-electron chi connectivity index (χ3n) is 2.84. The van der Waals surface area contributed by atoms with E-state index in [2.05, 4.69) is 17.2 Å². The Morgan fingerprint density at radius 3 is 2.56 bits per heavy atom. The molecule has 0 fully saturated rings. The molecule has 0 aliphatic rings. The van der Waals surface area contributed by atoms with Gasteiger partial charge in [0.1, 0.15) is 19.0 Å². The van der Waals surface area contributed by atoms with Gasteiger partial charge in [0.05, 0.1) is 13.0 Å². The van der Waals surface area contributed by atoms with Crippen molar-refractivity contribution < 1.29 is 23.8 Å². The van der Waals surface area contributed by atoms with E-state index in [1.54, 1.807) is 30.3 Å². The van der Waals surface area contributed by atoms with E-state index in [0.29, 0.717) is 24.7 Å². The first-order valence-electron chi connectivity index (χ1n) is 7.64. The maximum Gasteiger partial charge on any atom is 0.306 e. The lowest BCUT2D eigenvalue weighted by molar-refractivity contribution is -0.146. The first kappa shape index (κ1) is 20.6. The molecule has 1 amide bonds. The van der Waals surface area contributed by atoms with Gasteiger partial charge >= 0.3 is 5.97 Å². The van der Waals surface area contributed by atoms with Gasteiger partial charge in [-0.1, -0.05) is 12.7 Å². The third kappa shape index (κ3) is 9.43. The maximum absolute atomic E-state index is 11.7. The maximum atomic E-state index is 11.7. The number of benzene rings is 1. The summed E-state index contributed by atoms with van der Waals surface area (Å²) in [7, 11) is 1.51. The van der Waals surface area contributed by atoms with Crippen LogP contribution in [0.2, 0.25) is 0 Å². The number of ether oxygens (including phenoxy) is 3. The van der Waals surface area contributed by atoms with Gasteiger partial charge in [0.15, 0.2) is 5.11 Å². The molecule has 8 heteroatoms. The molecule has 0 aliphatic carbocycles. The highest BCUT2D eigenvalue weighted by Crippen LogP contribution is 2.15. The number of esters is 1. The summed E-state index contributed by atoms with van der Waals surface area (Å²) in [6, 6.07) is 7.08. The number of amides is 1. The van der Waals surface area contributed by atoms with Crippen LogP contribution in [0.15, 0.2) is 36.9 Å². The molecular formula is C17H22N2O5S. The molecular weight excluding hydrogens is 344 g/mol.